The SMILES string of the molecule is c1ccc2c(c1)ccc1c3ccnc(-c4ccc5ccc6cccc7ccc4c5c67)c3ccc21. The minimum absolute atomic E-state index is 1.05. The molecule has 0 N–H and O–H groups in total. The predicted octanol–water partition coefficient (Wildman–Crippen LogP) is 9.11. The summed E-state index contributed by atoms with van der Waals surface area (Å²) in [5.74, 6) is 0. The summed E-state index contributed by atoms with van der Waals surface area (Å²) < 4.78 is 0. The molecule has 0 saturated heterocycles. The molecule has 0 bridgehead atoms. The summed E-state index contributed by atoms with van der Waals surface area (Å²) in [5.41, 5.74) is 2.24. The molecule has 0 atom stereocenters. The van der Waals surface area contributed by atoms with E-state index in [4.69, 9.17) is 4.98 Å². The van der Waals surface area contributed by atoms with Crippen molar-refractivity contribution in [3.8, 4) is 11.3 Å². The van der Waals surface area contributed by atoms with E-state index in [1.807, 2.05) is 6.20 Å². The van der Waals surface area contributed by atoms with Gasteiger partial charge in [-0.3, -0.25) is 4.98 Å². The van der Waals surface area contributed by atoms with E-state index in [0.717, 1.165) is 5.69 Å². The van der Waals surface area contributed by atoms with Gasteiger partial charge in [-0.25, -0.2) is 0 Å². The molecule has 0 aliphatic heterocycles. The van der Waals surface area contributed by atoms with Gasteiger partial charge in [0, 0.05) is 17.1 Å². The average Bonchev–Trinajstić information content (AvgIpc) is 2.91. The number of benzene rings is 7. The first-order valence-electron chi connectivity index (χ1n) is 11.7. The summed E-state index contributed by atoms with van der Waals surface area (Å²) in [6.07, 6.45) is 1.96. The van der Waals surface area contributed by atoms with Crippen LogP contribution in [0.25, 0.3) is 75.9 Å². The Balaban J connectivity index is 1.49. The van der Waals surface area contributed by atoms with Crippen LogP contribution < -0.4 is 0 Å². The zero-order valence-electron chi connectivity index (χ0n) is 18.4. The third kappa shape index (κ3) is 2.31. The molecule has 1 heteroatoms. The van der Waals surface area contributed by atoms with Crippen LogP contribution in [0.5, 0.6) is 0 Å². The van der Waals surface area contributed by atoms with Gasteiger partial charge in [-0.2, -0.15) is 0 Å². The summed E-state index contributed by atoms with van der Waals surface area (Å²) >= 11 is 0. The van der Waals surface area contributed by atoms with Crippen LogP contribution in [-0.4, -0.2) is 4.98 Å². The van der Waals surface area contributed by atoms with Crippen LogP contribution in [0, 0.1) is 0 Å². The molecule has 7 aromatic carbocycles. The Labute approximate surface area is 196 Å². The largest absolute Gasteiger partial charge is 0.256 e. The van der Waals surface area contributed by atoms with Crippen molar-refractivity contribution in [3.05, 3.63) is 115 Å². The molecule has 1 aromatic heterocycles. The van der Waals surface area contributed by atoms with Crippen molar-refractivity contribution in [3.63, 3.8) is 0 Å². The summed E-state index contributed by atoms with van der Waals surface area (Å²) in [7, 11) is 0. The van der Waals surface area contributed by atoms with Crippen molar-refractivity contribution in [1.29, 1.82) is 0 Å². The van der Waals surface area contributed by atoms with Gasteiger partial charge in [-0.05, 0) is 65.3 Å². The molecule has 0 radical (unpaired) electrons. The summed E-state index contributed by atoms with van der Waals surface area (Å²) in [6.45, 7) is 0. The van der Waals surface area contributed by atoms with Gasteiger partial charge in [-0.1, -0.05) is 103 Å². The van der Waals surface area contributed by atoms with Crippen LogP contribution in [0.2, 0.25) is 0 Å². The fraction of sp³-hybridized carbons (Fsp3) is 0. The number of hydrogen-bond acceptors (Lipinski definition) is 1. The van der Waals surface area contributed by atoms with Crippen molar-refractivity contribution in [2.75, 3.05) is 0 Å². The first kappa shape index (κ1) is 18.0. The fourth-order valence-electron chi connectivity index (χ4n) is 5.91. The maximum atomic E-state index is 4.93. The third-order valence-corrected chi connectivity index (χ3v) is 7.45. The molecule has 8 rings (SSSR count). The summed E-state index contributed by atoms with van der Waals surface area (Å²) in [4.78, 5) is 4.93. The highest BCUT2D eigenvalue weighted by atomic mass is 14.7. The first-order valence-corrected chi connectivity index (χ1v) is 11.7. The van der Waals surface area contributed by atoms with E-state index in [1.165, 1.54) is 70.2 Å². The zero-order chi connectivity index (χ0) is 22.2. The van der Waals surface area contributed by atoms with Gasteiger partial charge in [0.25, 0.3) is 0 Å². The van der Waals surface area contributed by atoms with E-state index in [2.05, 4.69) is 109 Å². The molecule has 8 aromatic rings. The summed E-state index contributed by atoms with van der Waals surface area (Å²) in [5, 5.41) is 15.4. The van der Waals surface area contributed by atoms with Crippen LogP contribution in [0.1, 0.15) is 0 Å². The van der Waals surface area contributed by atoms with E-state index in [-0.39, 0.29) is 0 Å². The van der Waals surface area contributed by atoms with Crippen molar-refractivity contribution in [1.82, 2.24) is 4.98 Å². The number of rotatable bonds is 1. The first-order chi connectivity index (χ1) is 16.9. The monoisotopic (exact) mass is 429 g/mol. The van der Waals surface area contributed by atoms with Gasteiger partial charge in [0.15, 0.2) is 0 Å². The van der Waals surface area contributed by atoms with Crippen molar-refractivity contribution < 1.29 is 0 Å². The highest BCUT2D eigenvalue weighted by Crippen LogP contribution is 2.41. The molecule has 0 aliphatic carbocycles. The van der Waals surface area contributed by atoms with Crippen molar-refractivity contribution in [2.24, 2.45) is 0 Å². The van der Waals surface area contributed by atoms with Crippen LogP contribution >= 0.6 is 0 Å². The van der Waals surface area contributed by atoms with E-state index in [0.29, 0.717) is 0 Å². The molecule has 0 unspecified atom stereocenters. The Morgan fingerprint density at radius 3 is 1.85 bits per heavy atom. The Morgan fingerprint density at radius 2 is 0.941 bits per heavy atom. The van der Waals surface area contributed by atoms with E-state index in [9.17, 15) is 0 Å². The Kier molecular flexibility index (Phi) is 3.45. The number of hydrogen-bond donors (Lipinski definition) is 0. The van der Waals surface area contributed by atoms with E-state index >= 15 is 0 Å². The lowest BCUT2D eigenvalue weighted by Crippen LogP contribution is -1.91. The molecule has 0 saturated carbocycles. The minimum Gasteiger partial charge on any atom is -0.256 e. The number of nitrogens with zero attached hydrogens (tertiary/aromatic N) is 1. The normalized spacial score (nSPS) is 12.1. The van der Waals surface area contributed by atoms with Gasteiger partial charge in [-0.15, -0.1) is 0 Å². The van der Waals surface area contributed by atoms with Crippen LogP contribution in [0.4, 0.5) is 0 Å². The van der Waals surface area contributed by atoms with E-state index < -0.39 is 0 Å². The molecule has 0 spiro atoms. The number of aromatic nitrogens is 1. The molecular formula is C33H19N. The van der Waals surface area contributed by atoms with E-state index in [1.54, 1.807) is 0 Å². The molecule has 1 nitrogen and oxygen atoms in total. The molecule has 156 valence electrons. The van der Waals surface area contributed by atoms with Gasteiger partial charge in [0.1, 0.15) is 0 Å². The third-order valence-electron chi connectivity index (χ3n) is 7.45. The van der Waals surface area contributed by atoms with Crippen LogP contribution in [-0.2, 0) is 0 Å². The zero-order valence-corrected chi connectivity index (χ0v) is 18.4. The lowest BCUT2D eigenvalue weighted by molar-refractivity contribution is 1.37. The Morgan fingerprint density at radius 1 is 0.353 bits per heavy atom. The molecule has 0 amide bonds. The number of pyridine rings is 1. The Hall–Kier alpha value is -4.49. The second-order valence-corrected chi connectivity index (χ2v) is 9.17. The fourth-order valence-corrected chi connectivity index (χ4v) is 5.91. The molecule has 1 heterocycles. The van der Waals surface area contributed by atoms with Crippen molar-refractivity contribution >= 4 is 64.6 Å². The van der Waals surface area contributed by atoms with Gasteiger partial charge >= 0.3 is 0 Å². The summed E-state index contributed by atoms with van der Waals surface area (Å²) in [6, 6.07) is 39.8. The Bertz CT molecular complexity index is 2050. The molecule has 0 fully saturated rings. The van der Waals surface area contributed by atoms with Crippen molar-refractivity contribution in [2.45, 2.75) is 0 Å². The van der Waals surface area contributed by atoms with Gasteiger partial charge in [0.2, 0.25) is 0 Å². The molecule has 34 heavy (non-hydrogen) atoms. The van der Waals surface area contributed by atoms with Gasteiger partial charge in [0.05, 0.1) is 5.69 Å². The second kappa shape index (κ2) is 6.52. The smallest absolute Gasteiger partial charge is 0.0786 e. The predicted molar refractivity (Wildman–Crippen MR) is 146 cm³/mol. The van der Waals surface area contributed by atoms with Crippen LogP contribution in [0.3, 0.4) is 0 Å². The minimum atomic E-state index is 1.05. The standard InChI is InChI=1S/C33H19N/c1-2-7-24-20(4-1)10-13-26-25(24)16-17-29-27(26)18-19-34-33(29)30-15-12-23-9-8-21-5-3-6-22-11-14-28(30)32(23)31(21)22/h1-19H. The van der Waals surface area contributed by atoms with Gasteiger partial charge < -0.3 is 0 Å². The quantitative estimate of drug-likeness (QED) is 0.237. The number of fused-ring (bicyclic) bond motifs is 5. The topological polar surface area (TPSA) is 12.9 Å². The lowest BCUT2D eigenvalue weighted by Gasteiger charge is -2.15. The highest BCUT2D eigenvalue weighted by molar-refractivity contribution is 6.26. The maximum absolute atomic E-state index is 4.93. The molecule has 0 aliphatic rings. The highest BCUT2D eigenvalue weighted by Gasteiger charge is 2.15. The maximum Gasteiger partial charge on any atom is 0.0786 e. The lowest BCUT2D eigenvalue weighted by atomic mass is 9.89. The average molecular weight is 430 g/mol. The van der Waals surface area contributed by atoms with Crippen LogP contribution in [0.15, 0.2) is 115 Å². The second-order valence-electron chi connectivity index (χ2n) is 9.17. The molecular weight excluding hydrogens is 410 g/mol.